The zero-order valence-electron chi connectivity index (χ0n) is 17.2. The average Bonchev–Trinajstić information content (AvgIpc) is 3.30. The van der Waals surface area contributed by atoms with Gasteiger partial charge >= 0.3 is 12.2 Å². The quantitative estimate of drug-likeness (QED) is 0.682. The van der Waals surface area contributed by atoms with E-state index in [0.717, 1.165) is 18.4 Å². The van der Waals surface area contributed by atoms with Crippen LogP contribution < -0.4 is 5.32 Å². The van der Waals surface area contributed by atoms with Crippen LogP contribution >= 0.6 is 23.2 Å². The molecule has 1 fully saturated rings. The van der Waals surface area contributed by atoms with Gasteiger partial charge in [0.05, 0.1) is 18.2 Å². The van der Waals surface area contributed by atoms with Gasteiger partial charge in [-0.05, 0) is 71.2 Å². The molecule has 1 saturated carbocycles. The summed E-state index contributed by atoms with van der Waals surface area (Å²) in [7, 11) is 1.34. The van der Waals surface area contributed by atoms with Crippen molar-refractivity contribution in [1.82, 2.24) is 10.2 Å². The fourth-order valence-corrected chi connectivity index (χ4v) is 3.70. The van der Waals surface area contributed by atoms with Crippen LogP contribution in [0.25, 0.3) is 0 Å². The molecular weight excluding hydrogens is 403 g/mol. The molecule has 0 bridgehead atoms. The predicted molar refractivity (Wildman–Crippen MR) is 110 cm³/mol. The number of alkyl carbamates (subject to hydrolysis) is 1. The highest BCUT2D eigenvalue weighted by atomic mass is 35.5. The van der Waals surface area contributed by atoms with Crippen LogP contribution in [-0.4, -0.2) is 41.9 Å². The van der Waals surface area contributed by atoms with E-state index in [1.54, 1.807) is 31.7 Å². The molecule has 0 radical (unpaired) electrons. The van der Waals surface area contributed by atoms with Crippen LogP contribution in [0.2, 0.25) is 10.0 Å². The number of halogens is 2. The summed E-state index contributed by atoms with van der Waals surface area (Å²) >= 11 is 12.3. The van der Waals surface area contributed by atoms with E-state index < -0.39 is 28.9 Å². The number of ether oxygens (including phenoxy) is 2. The first-order valence-corrected chi connectivity index (χ1v) is 9.87. The normalized spacial score (nSPS) is 15.6. The molecule has 0 spiro atoms. The van der Waals surface area contributed by atoms with E-state index in [1.165, 1.54) is 7.11 Å². The van der Waals surface area contributed by atoms with Gasteiger partial charge < -0.3 is 14.8 Å². The molecule has 2 rings (SSSR count). The smallest absolute Gasteiger partial charge is 0.410 e. The van der Waals surface area contributed by atoms with Crippen LogP contribution in [0.3, 0.4) is 0 Å². The summed E-state index contributed by atoms with van der Waals surface area (Å²) < 4.78 is 10.4. The van der Waals surface area contributed by atoms with Crippen molar-refractivity contribution < 1.29 is 19.1 Å². The third-order valence-electron chi connectivity index (χ3n) is 4.43. The lowest BCUT2D eigenvalue weighted by Gasteiger charge is -2.38. The maximum Gasteiger partial charge on any atom is 0.410 e. The molecule has 1 aromatic carbocycles. The van der Waals surface area contributed by atoms with Crippen LogP contribution in [0.15, 0.2) is 18.2 Å². The zero-order chi connectivity index (χ0) is 21.3. The Morgan fingerprint density at radius 3 is 2.07 bits per heavy atom. The summed E-state index contributed by atoms with van der Waals surface area (Å²) in [6, 6.07) is 5.27. The maximum absolute atomic E-state index is 12.6. The Balaban J connectivity index is 2.27. The number of carbonyl (C=O) groups is 2. The molecule has 1 aromatic rings. The van der Waals surface area contributed by atoms with Crippen molar-refractivity contribution in [2.45, 2.75) is 64.1 Å². The summed E-state index contributed by atoms with van der Waals surface area (Å²) in [5.41, 5.74) is -1.08. The number of rotatable bonds is 5. The molecule has 2 amide bonds. The lowest BCUT2D eigenvalue weighted by atomic mass is 9.99. The lowest BCUT2D eigenvalue weighted by molar-refractivity contribution is 0.0407. The second kappa shape index (κ2) is 7.99. The maximum atomic E-state index is 12.6. The van der Waals surface area contributed by atoms with Gasteiger partial charge in [0.1, 0.15) is 5.60 Å². The van der Waals surface area contributed by atoms with Gasteiger partial charge in [-0.15, -0.1) is 0 Å². The van der Waals surface area contributed by atoms with Crippen LogP contribution in [-0.2, 0) is 15.0 Å². The number of hydrogen-bond donors (Lipinski definition) is 1. The SMILES string of the molecule is COC(=O)N(CC(C)(C)NC(=O)OC(C)(C)C)C1(c2cc(Cl)cc(Cl)c2)CC1. The molecule has 156 valence electrons. The van der Waals surface area contributed by atoms with Crippen LogP contribution in [0.5, 0.6) is 0 Å². The van der Waals surface area contributed by atoms with Gasteiger partial charge in [-0.1, -0.05) is 23.2 Å². The van der Waals surface area contributed by atoms with Crippen molar-refractivity contribution in [2.75, 3.05) is 13.7 Å². The number of nitrogens with zero attached hydrogens (tertiary/aromatic N) is 1. The Hall–Kier alpha value is -1.66. The van der Waals surface area contributed by atoms with E-state index in [2.05, 4.69) is 5.32 Å². The highest BCUT2D eigenvalue weighted by molar-refractivity contribution is 6.34. The monoisotopic (exact) mass is 430 g/mol. The Labute approximate surface area is 176 Å². The predicted octanol–water partition coefficient (Wildman–Crippen LogP) is 5.35. The molecule has 8 heteroatoms. The molecule has 0 atom stereocenters. The molecule has 6 nitrogen and oxygen atoms in total. The standard InChI is InChI=1S/C20H28Cl2N2O4/c1-18(2,3)28-16(25)23-19(4,5)12-24(17(26)27-6)20(7-8-20)13-9-14(21)11-15(22)10-13/h9-11H,7-8,12H2,1-6H3,(H,23,25). The summed E-state index contributed by atoms with van der Waals surface area (Å²) in [5, 5.41) is 3.84. The second-order valence-electron chi connectivity index (χ2n) is 8.76. The minimum Gasteiger partial charge on any atom is -0.453 e. The van der Waals surface area contributed by atoms with Crippen molar-refractivity contribution in [2.24, 2.45) is 0 Å². The summed E-state index contributed by atoms with van der Waals surface area (Å²) in [6.45, 7) is 9.26. The molecule has 0 unspecified atom stereocenters. The number of hydrogen-bond acceptors (Lipinski definition) is 4. The first-order valence-electron chi connectivity index (χ1n) is 9.11. The number of nitrogens with one attached hydrogen (secondary N) is 1. The molecular formula is C20H28Cl2N2O4. The van der Waals surface area contributed by atoms with E-state index in [9.17, 15) is 9.59 Å². The van der Waals surface area contributed by atoms with Crippen molar-refractivity contribution in [3.8, 4) is 0 Å². The first kappa shape index (κ1) is 22.6. The Kier molecular flexibility index (Phi) is 6.46. The Morgan fingerprint density at radius 1 is 1.11 bits per heavy atom. The highest BCUT2D eigenvalue weighted by Gasteiger charge is 2.53. The topological polar surface area (TPSA) is 67.9 Å². The van der Waals surface area contributed by atoms with E-state index in [-0.39, 0.29) is 6.54 Å². The van der Waals surface area contributed by atoms with E-state index in [0.29, 0.717) is 10.0 Å². The molecule has 1 aliphatic carbocycles. The third kappa shape index (κ3) is 5.67. The highest BCUT2D eigenvalue weighted by Crippen LogP contribution is 2.52. The van der Waals surface area contributed by atoms with E-state index >= 15 is 0 Å². The average molecular weight is 431 g/mol. The van der Waals surface area contributed by atoms with Crippen molar-refractivity contribution in [3.05, 3.63) is 33.8 Å². The first-order chi connectivity index (χ1) is 12.8. The van der Waals surface area contributed by atoms with Gasteiger partial charge in [0.2, 0.25) is 0 Å². The Bertz CT molecular complexity index is 735. The van der Waals surface area contributed by atoms with Crippen LogP contribution in [0.1, 0.15) is 53.0 Å². The summed E-state index contributed by atoms with van der Waals surface area (Å²) in [5.74, 6) is 0. The van der Waals surface area contributed by atoms with Gasteiger partial charge in [0, 0.05) is 16.6 Å². The third-order valence-corrected chi connectivity index (χ3v) is 4.86. The molecule has 0 aliphatic heterocycles. The van der Waals surface area contributed by atoms with Crippen molar-refractivity contribution >= 4 is 35.4 Å². The van der Waals surface area contributed by atoms with Gasteiger partial charge in [-0.25, -0.2) is 9.59 Å². The Morgan fingerprint density at radius 2 is 1.64 bits per heavy atom. The summed E-state index contributed by atoms with van der Waals surface area (Å²) in [6.07, 6.45) is 0.480. The molecule has 1 N–H and O–H groups in total. The minimum absolute atomic E-state index is 0.225. The molecule has 1 aliphatic rings. The number of benzene rings is 1. The van der Waals surface area contributed by atoms with Gasteiger partial charge in [0.15, 0.2) is 0 Å². The van der Waals surface area contributed by atoms with E-state index in [1.807, 2.05) is 26.0 Å². The van der Waals surface area contributed by atoms with Crippen molar-refractivity contribution in [3.63, 3.8) is 0 Å². The van der Waals surface area contributed by atoms with Crippen molar-refractivity contribution in [1.29, 1.82) is 0 Å². The largest absolute Gasteiger partial charge is 0.453 e. The molecule has 0 heterocycles. The summed E-state index contributed by atoms with van der Waals surface area (Å²) in [4.78, 5) is 26.5. The van der Waals surface area contributed by atoms with Crippen LogP contribution in [0.4, 0.5) is 9.59 Å². The number of carbonyl (C=O) groups excluding carboxylic acids is 2. The zero-order valence-corrected chi connectivity index (χ0v) is 18.7. The number of methoxy groups -OCH3 is 1. The van der Waals surface area contributed by atoms with E-state index in [4.69, 9.17) is 32.7 Å². The fourth-order valence-electron chi connectivity index (χ4n) is 3.17. The van der Waals surface area contributed by atoms with Gasteiger partial charge in [-0.3, -0.25) is 4.90 Å². The number of amides is 2. The molecule has 28 heavy (non-hydrogen) atoms. The lowest BCUT2D eigenvalue weighted by Crippen LogP contribution is -2.56. The van der Waals surface area contributed by atoms with Crippen LogP contribution in [0, 0.1) is 0 Å². The van der Waals surface area contributed by atoms with Gasteiger partial charge in [0.25, 0.3) is 0 Å². The minimum atomic E-state index is -0.755. The van der Waals surface area contributed by atoms with Gasteiger partial charge in [-0.2, -0.15) is 0 Å². The molecule has 0 aromatic heterocycles. The molecule has 0 saturated heterocycles. The fraction of sp³-hybridized carbons (Fsp3) is 0.600. The second-order valence-corrected chi connectivity index (χ2v) is 9.63.